The summed E-state index contributed by atoms with van der Waals surface area (Å²) in [6.07, 6.45) is 56.1. The fourth-order valence-corrected chi connectivity index (χ4v) is 9.59. The molecule has 0 aromatic rings. The molecule has 0 saturated carbocycles. The van der Waals surface area contributed by atoms with Crippen LogP contribution in [0.2, 0.25) is 0 Å². The van der Waals surface area contributed by atoms with Crippen molar-refractivity contribution in [3.8, 4) is 0 Å². The van der Waals surface area contributed by atoms with Crippen LogP contribution in [-0.4, -0.2) is 68.5 Å². The lowest BCUT2D eigenvalue weighted by Gasteiger charge is -2.30. The molecule has 8 nitrogen and oxygen atoms in total. The highest BCUT2D eigenvalue weighted by molar-refractivity contribution is 7.45. The molecule has 0 spiro atoms. The molecule has 384 valence electrons. The summed E-state index contributed by atoms with van der Waals surface area (Å²) in [4.78, 5) is 25.3. The number of unbranched alkanes of at least 4 members (excludes halogenated alkanes) is 40. The lowest BCUT2D eigenvalue weighted by Crippen LogP contribution is -2.46. The molecule has 3 unspecified atom stereocenters. The van der Waals surface area contributed by atoms with E-state index >= 15 is 0 Å². The predicted octanol–water partition coefficient (Wildman–Crippen LogP) is 16.2. The average Bonchev–Trinajstić information content (AvgIpc) is 3.25. The summed E-state index contributed by atoms with van der Waals surface area (Å²) in [6, 6.07) is -0.792. The van der Waals surface area contributed by atoms with Gasteiger partial charge in [-0.2, -0.15) is 0 Å². The zero-order chi connectivity index (χ0) is 47.1. The number of likely N-dealkylation sites (N-methyl/N-ethyl adjacent to an activating group) is 1. The molecule has 0 saturated heterocycles. The third-order valence-corrected chi connectivity index (χ3v) is 14.3. The maximum absolute atomic E-state index is 12.9. The second kappa shape index (κ2) is 47.6. The largest absolute Gasteiger partial charge is 0.756 e. The molecule has 0 rings (SSSR count). The number of aliphatic hydroxyl groups excluding tert-OH is 1. The molecule has 0 heterocycles. The zero-order valence-electron chi connectivity index (χ0n) is 43.8. The van der Waals surface area contributed by atoms with Crippen molar-refractivity contribution in [1.82, 2.24) is 5.32 Å². The number of hydrogen-bond donors (Lipinski definition) is 2. The summed E-state index contributed by atoms with van der Waals surface area (Å²) >= 11 is 0. The smallest absolute Gasteiger partial charge is 0.268 e. The standard InChI is InChI=1S/C55H113N2O6P/c1-6-8-10-12-14-16-17-18-19-20-21-22-23-24-25-26-27-28-29-30-31-32-33-34-35-36-37-38-39-40-41-43-45-47-49-55(59)56-53(52-63-64(60,61)62-51-50-57(3,4)5)54(58)48-46-44-42-15-13-11-9-7-2/h53-54,58H,6-52H2,1-5H3,(H-,56,59,60,61). The van der Waals surface area contributed by atoms with Crippen molar-refractivity contribution >= 4 is 13.7 Å². The second-order valence-electron chi connectivity index (χ2n) is 21.0. The minimum absolute atomic E-state index is 0.0157. The number of rotatable bonds is 53. The van der Waals surface area contributed by atoms with Crippen LogP contribution in [0.5, 0.6) is 0 Å². The molecule has 0 bridgehead atoms. The van der Waals surface area contributed by atoms with Gasteiger partial charge >= 0.3 is 0 Å². The van der Waals surface area contributed by atoms with Gasteiger partial charge < -0.3 is 28.8 Å². The summed E-state index contributed by atoms with van der Waals surface area (Å²) in [5, 5.41) is 13.9. The van der Waals surface area contributed by atoms with Gasteiger partial charge in [0.25, 0.3) is 7.82 Å². The quantitative estimate of drug-likeness (QED) is 0.0357. The van der Waals surface area contributed by atoms with Crippen molar-refractivity contribution in [2.75, 3.05) is 40.9 Å². The Morgan fingerprint density at radius 3 is 1.06 bits per heavy atom. The van der Waals surface area contributed by atoms with Gasteiger partial charge in [0.05, 0.1) is 39.9 Å². The number of phosphoric acid groups is 1. The molecule has 1 amide bonds. The van der Waals surface area contributed by atoms with Crippen LogP contribution in [0.3, 0.4) is 0 Å². The van der Waals surface area contributed by atoms with E-state index in [-0.39, 0.29) is 19.1 Å². The van der Waals surface area contributed by atoms with E-state index in [4.69, 9.17) is 9.05 Å². The van der Waals surface area contributed by atoms with E-state index in [2.05, 4.69) is 19.2 Å². The van der Waals surface area contributed by atoms with Crippen LogP contribution < -0.4 is 10.2 Å². The van der Waals surface area contributed by atoms with Gasteiger partial charge in [-0.15, -0.1) is 0 Å². The first kappa shape index (κ1) is 63.5. The predicted molar refractivity (Wildman–Crippen MR) is 275 cm³/mol. The highest BCUT2D eigenvalue weighted by Gasteiger charge is 2.24. The summed E-state index contributed by atoms with van der Waals surface area (Å²) in [5.74, 6) is -0.161. The van der Waals surface area contributed by atoms with E-state index in [1.54, 1.807) is 0 Å². The molecule has 0 fully saturated rings. The zero-order valence-corrected chi connectivity index (χ0v) is 44.7. The number of nitrogens with one attached hydrogen (secondary N) is 1. The van der Waals surface area contributed by atoms with Crippen LogP contribution in [0.1, 0.15) is 296 Å². The summed E-state index contributed by atoms with van der Waals surface area (Å²) in [6.45, 7) is 4.72. The fourth-order valence-electron chi connectivity index (χ4n) is 8.87. The average molecular weight is 929 g/mol. The van der Waals surface area contributed by atoms with E-state index in [9.17, 15) is 19.4 Å². The highest BCUT2D eigenvalue weighted by atomic mass is 31.2. The molecule has 2 N–H and O–H groups in total. The number of carbonyl (C=O) groups is 1. The van der Waals surface area contributed by atoms with Crippen molar-refractivity contribution in [3.05, 3.63) is 0 Å². The molecular formula is C55H113N2O6P. The first-order valence-corrected chi connectivity index (χ1v) is 29.8. The Hall–Kier alpha value is -0.500. The molecular weight excluding hydrogens is 816 g/mol. The van der Waals surface area contributed by atoms with E-state index in [0.717, 1.165) is 38.5 Å². The molecule has 0 radical (unpaired) electrons. The van der Waals surface area contributed by atoms with Gasteiger partial charge in [-0.05, 0) is 12.8 Å². The van der Waals surface area contributed by atoms with Gasteiger partial charge in [-0.1, -0.05) is 277 Å². The second-order valence-corrected chi connectivity index (χ2v) is 22.4. The molecule has 0 aliphatic heterocycles. The number of aliphatic hydroxyl groups is 1. The van der Waals surface area contributed by atoms with Crippen molar-refractivity contribution in [3.63, 3.8) is 0 Å². The van der Waals surface area contributed by atoms with Crippen LogP contribution in [0, 0.1) is 0 Å². The SMILES string of the molecule is CCCCCCCCCCCCCCCCCCCCCCCCCCCCCCCCCCCCC(=O)NC(COP(=O)([O-])OCC[N+](C)(C)C)C(O)CCCCCCCCCC. The van der Waals surface area contributed by atoms with Gasteiger partial charge in [0.15, 0.2) is 0 Å². The van der Waals surface area contributed by atoms with Gasteiger partial charge in [-0.3, -0.25) is 9.36 Å². The Balaban J connectivity index is 3.78. The Kier molecular flexibility index (Phi) is 47.2. The Morgan fingerprint density at radius 1 is 0.484 bits per heavy atom. The third kappa shape index (κ3) is 49.4. The number of amides is 1. The summed E-state index contributed by atoms with van der Waals surface area (Å²) < 4.78 is 23.2. The van der Waals surface area contributed by atoms with E-state index in [0.29, 0.717) is 23.9 Å². The minimum atomic E-state index is -4.55. The number of phosphoric ester groups is 1. The lowest BCUT2D eigenvalue weighted by atomic mass is 10.0. The number of carbonyl (C=O) groups excluding carboxylic acids is 1. The molecule has 9 heteroatoms. The first-order chi connectivity index (χ1) is 31.0. The Morgan fingerprint density at radius 2 is 0.766 bits per heavy atom. The van der Waals surface area contributed by atoms with Crippen molar-refractivity contribution in [1.29, 1.82) is 0 Å². The summed E-state index contributed by atoms with van der Waals surface area (Å²) in [5.41, 5.74) is 0. The summed E-state index contributed by atoms with van der Waals surface area (Å²) in [7, 11) is 1.32. The molecule has 0 aromatic heterocycles. The van der Waals surface area contributed by atoms with Crippen LogP contribution >= 0.6 is 7.82 Å². The fraction of sp³-hybridized carbons (Fsp3) is 0.982. The Labute approximate surface area is 399 Å². The van der Waals surface area contributed by atoms with Gasteiger partial charge in [0.1, 0.15) is 13.2 Å². The topological polar surface area (TPSA) is 108 Å². The van der Waals surface area contributed by atoms with Crippen molar-refractivity contribution in [2.45, 2.75) is 309 Å². The van der Waals surface area contributed by atoms with Crippen LogP contribution in [0.25, 0.3) is 0 Å². The maximum atomic E-state index is 12.9. The maximum Gasteiger partial charge on any atom is 0.268 e. The number of hydrogen-bond acceptors (Lipinski definition) is 6. The lowest BCUT2D eigenvalue weighted by molar-refractivity contribution is -0.870. The van der Waals surface area contributed by atoms with Gasteiger partial charge in [-0.25, -0.2) is 0 Å². The number of quaternary nitrogens is 1. The van der Waals surface area contributed by atoms with Gasteiger partial charge in [0, 0.05) is 6.42 Å². The first-order valence-electron chi connectivity index (χ1n) is 28.4. The molecule has 3 atom stereocenters. The van der Waals surface area contributed by atoms with Crippen LogP contribution in [0.4, 0.5) is 0 Å². The molecule has 0 aliphatic rings. The Bertz CT molecular complexity index is 1010. The highest BCUT2D eigenvalue weighted by Crippen LogP contribution is 2.38. The van der Waals surface area contributed by atoms with Crippen molar-refractivity contribution in [2.24, 2.45) is 0 Å². The van der Waals surface area contributed by atoms with Gasteiger partial charge in [0.2, 0.25) is 5.91 Å². The van der Waals surface area contributed by atoms with Crippen LogP contribution in [-0.2, 0) is 18.4 Å². The van der Waals surface area contributed by atoms with E-state index in [1.165, 1.54) is 231 Å². The van der Waals surface area contributed by atoms with E-state index < -0.39 is 20.0 Å². The van der Waals surface area contributed by atoms with E-state index in [1.807, 2.05) is 21.1 Å². The van der Waals surface area contributed by atoms with Crippen molar-refractivity contribution < 1.29 is 32.9 Å². The van der Waals surface area contributed by atoms with Crippen LogP contribution in [0.15, 0.2) is 0 Å². The molecule has 0 aliphatic carbocycles. The normalized spacial score (nSPS) is 13.9. The molecule has 0 aromatic carbocycles. The minimum Gasteiger partial charge on any atom is -0.756 e. The third-order valence-electron chi connectivity index (χ3n) is 13.3. The molecule has 64 heavy (non-hydrogen) atoms. The monoisotopic (exact) mass is 929 g/mol. The number of nitrogens with zero attached hydrogens (tertiary/aromatic N) is 1.